The fourth-order valence-corrected chi connectivity index (χ4v) is 3.54. The van der Waals surface area contributed by atoms with Crippen molar-refractivity contribution in [2.75, 3.05) is 11.6 Å². The molecule has 6 nitrogen and oxygen atoms in total. The zero-order chi connectivity index (χ0) is 25.0. The number of halogens is 3. The van der Waals surface area contributed by atoms with Crippen molar-refractivity contribution in [1.82, 2.24) is 9.97 Å². The number of amidine groups is 1. The minimum absolute atomic E-state index is 0.138. The number of aryl methyl sites for hydroxylation is 3. The second-order valence-electron chi connectivity index (χ2n) is 7.43. The lowest BCUT2D eigenvalue weighted by molar-refractivity contribution is -0.141. The zero-order valence-corrected chi connectivity index (χ0v) is 19.8. The standard InChI is InChI=1S/C24H22F3N5OS/c1-13-6-7-17(31-22(33)16-8-9-29-20(11-16)24(25,26)27)12-18(13)19-10-14(2)21(30-15(19)3)32-23(28-4)34-5/h6-12H,4H2,1-3,5H3,(H,31,33). The number of rotatable bonds is 4. The smallest absolute Gasteiger partial charge is 0.322 e. The molecule has 34 heavy (non-hydrogen) atoms. The molecule has 0 aliphatic carbocycles. The number of thioether (sulfide) groups is 1. The average molecular weight is 486 g/mol. The van der Waals surface area contributed by atoms with E-state index in [1.807, 2.05) is 39.2 Å². The van der Waals surface area contributed by atoms with Gasteiger partial charge in [-0.25, -0.2) is 15.0 Å². The largest absolute Gasteiger partial charge is 0.433 e. The van der Waals surface area contributed by atoms with Crippen LogP contribution in [0.5, 0.6) is 0 Å². The summed E-state index contributed by atoms with van der Waals surface area (Å²) in [5.41, 5.74) is 3.37. The summed E-state index contributed by atoms with van der Waals surface area (Å²) in [7, 11) is 0. The zero-order valence-electron chi connectivity index (χ0n) is 19.0. The van der Waals surface area contributed by atoms with Crippen LogP contribution in [0.1, 0.15) is 32.9 Å². The van der Waals surface area contributed by atoms with Crippen LogP contribution in [-0.2, 0) is 6.18 Å². The second kappa shape index (κ2) is 10.2. The molecule has 2 aromatic heterocycles. The molecular weight excluding hydrogens is 463 g/mol. The van der Waals surface area contributed by atoms with Crippen molar-refractivity contribution >= 4 is 41.1 Å². The summed E-state index contributed by atoms with van der Waals surface area (Å²) in [6.07, 6.45) is -1.82. The van der Waals surface area contributed by atoms with Crippen LogP contribution in [0, 0.1) is 20.8 Å². The lowest BCUT2D eigenvalue weighted by Crippen LogP contribution is -2.15. The molecule has 3 aromatic rings. The van der Waals surface area contributed by atoms with E-state index in [9.17, 15) is 18.0 Å². The van der Waals surface area contributed by atoms with Crippen LogP contribution in [0.25, 0.3) is 11.1 Å². The Morgan fingerprint density at radius 2 is 1.79 bits per heavy atom. The predicted molar refractivity (Wildman–Crippen MR) is 131 cm³/mol. The molecule has 0 aliphatic rings. The topological polar surface area (TPSA) is 79.6 Å². The van der Waals surface area contributed by atoms with Crippen molar-refractivity contribution in [3.8, 4) is 11.1 Å². The molecule has 0 spiro atoms. The van der Waals surface area contributed by atoms with Crippen molar-refractivity contribution in [3.63, 3.8) is 0 Å². The molecule has 1 aromatic carbocycles. The summed E-state index contributed by atoms with van der Waals surface area (Å²) in [4.78, 5) is 28.8. The van der Waals surface area contributed by atoms with Crippen LogP contribution < -0.4 is 5.32 Å². The molecule has 10 heteroatoms. The first-order chi connectivity index (χ1) is 16.0. The third-order valence-electron chi connectivity index (χ3n) is 4.99. The highest BCUT2D eigenvalue weighted by molar-refractivity contribution is 8.13. The van der Waals surface area contributed by atoms with E-state index in [2.05, 4.69) is 32.0 Å². The third kappa shape index (κ3) is 5.69. The second-order valence-corrected chi connectivity index (χ2v) is 8.20. The Balaban J connectivity index is 1.94. The first-order valence-electron chi connectivity index (χ1n) is 10.1. The van der Waals surface area contributed by atoms with Gasteiger partial charge in [0, 0.05) is 28.7 Å². The summed E-state index contributed by atoms with van der Waals surface area (Å²) >= 11 is 1.36. The van der Waals surface area contributed by atoms with Crippen LogP contribution in [-0.4, -0.2) is 34.0 Å². The Kier molecular flexibility index (Phi) is 7.51. The van der Waals surface area contributed by atoms with Crippen LogP contribution >= 0.6 is 11.8 Å². The van der Waals surface area contributed by atoms with Crippen molar-refractivity contribution in [2.24, 2.45) is 9.98 Å². The highest BCUT2D eigenvalue weighted by Gasteiger charge is 2.33. The van der Waals surface area contributed by atoms with Crippen LogP contribution in [0.3, 0.4) is 0 Å². The Morgan fingerprint density at radius 1 is 1.06 bits per heavy atom. The van der Waals surface area contributed by atoms with Gasteiger partial charge in [0.1, 0.15) is 5.69 Å². The van der Waals surface area contributed by atoms with Gasteiger partial charge in [0.25, 0.3) is 5.91 Å². The maximum absolute atomic E-state index is 12.9. The van der Waals surface area contributed by atoms with Gasteiger partial charge in [-0.3, -0.25) is 9.78 Å². The van der Waals surface area contributed by atoms with Gasteiger partial charge >= 0.3 is 6.18 Å². The molecule has 176 valence electrons. The number of aromatic nitrogens is 2. The number of benzene rings is 1. The Morgan fingerprint density at radius 3 is 2.44 bits per heavy atom. The van der Waals surface area contributed by atoms with E-state index in [1.165, 1.54) is 17.8 Å². The van der Waals surface area contributed by atoms with Gasteiger partial charge in [-0.15, -0.1) is 0 Å². The van der Waals surface area contributed by atoms with Crippen LogP contribution in [0.15, 0.2) is 52.6 Å². The number of carbonyl (C=O) groups excluding carboxylic acids is 1. The van der Waals surface area contributed by atoms with Gasteiger partial charge in [0.05, 0.1) is 0 Å². The summed E-state index contributed by atoms with van der Waals surface area (Å²) in [5.74, 6) is -0.127. The molecule has 0 saturated carbocycles. The lowest BCUT2D eigenvalue weighted by Gasteiger charge is -2.14. The molecule has 0 bridgehead atoms. The molecule has 3 rings (SSSR count). The molecule has 1 N–H and O–H groups in total. The summed E-state index contributed by atoms with van der Waals surface area (Å²) in [6, 6.07) is 9.20. The van der Waals surface area contributed by atoms with Crippen LogP contribution in [0.4, 0.5) is 24.7 Å². The minimum atomic E-state index is -4.63. The van der Waals surface area contributed by atoms with Gasteiger partial charge in [-0.2, -0.15) is 13.2 Å². The summed E-state index contributed by atoms with van der Waals surface area (Å²) < 4.78 is 38.8. The number of hydrogen-bond donors (Lipinski definition) is 1. The van der Waals surface area contributed by atoms with E-state index in [0.29, 0.717) is 16.7 Å². The first-order valence-corrected chi connectivity index (χ1v) is 11.3. The van der Waals surface area contributed by atoms with Crippen molar-refractivity contribution < 1.29 is 18.0 Å². The SMILES string of the molecule is C=NC(=Nc1nc(C)c(-c2cc(NC(=O)c3ccnc(C(F)(F)F)c3)ccc2C)cc1C)SC. The normalized spacial score (nSPS) is 11.9. The minimum Gasteiger partial charge on any atom is -0.322 e. The summed E-state index contributed by atoms with van der Waals surface area (Å²) in [5, 5.41) is 3.17. The number of anilines is 1. The molecular formula is C24H22F3N5OS. The van der Waals surface area contributed by atoms with E-state index in [0.717, 1.165) is 40.2 Å². The Bertz CT molecular complexity index is 1290. The number of nitrogens with zero attached hydrogens (tertiary/aromatic N) is 4. The molecule has 0 unspecified atom stereocenters. The van der Waals surface area contributed by atoms with Gasteiger partial charge in [-0.1, -0.05) is 17.8 Å². The fourth-order valence-electron chi connectivity index (χ4n) is 3.23. The van der Waals surface area contributed by atoms with Crippen molar-refractivity contribution in [2.45, 2.75) is 26.9 Å². The van der Waals surface area contributed by atoms with Gasteiger partial charge in [0.2, 0.25) is 0 Å². The first kappa shape index (κ1) is 25.1. The van der Waals surface area contributed by atoms with Gasteiger partial charge < -0.3 is 5.32 Å². The van der Waals surface area contributed by atoms with E-state index in [4.69, 9.17) is 0 Å². The Hall–Kier alpha value is -3.53. The van der Waals surface area contributed by atoms with Gasteiger partial charge in [-0.05, 0) is 80.8 Å². The number of aliphatic imine (C=N–C) groups is 2. The van der Waals surface area contributed by atoms with Crippen molar-refractivity contribution in [1.29, 1.82) is 0 Å². The maximum atomic E-state index is 12.9. The number of carbonyl (C=O) groups is 1. The molecule has 1 amide bonds. The number of pyridine rings is 2. The number of hydrogen-bond acceptors (Lipinski definition) is 5. The molecule has 0 fully saturated rings. The van der Waals surface area contributed by atoms with E-state index in [1.54, 1.807) is 12.1 Å². The highest BCUT2D eigenvalue weighted by Crippen LogP contribution is 2.33. The predicted octanol–water partition coefficient (Wildman–Crippen LogP) is 6.39. The van der Waals surface area contributed by atoms with Gasteiger partial charge in [0.15, 0.2) is 11.0 Å². The molecule has 2 heterocycles. The van der Waals surface area contributed by atoms with E-state index < -0.39 is 17.8 Å². The van der Waals surface area contributed by atoms with Crippen LogP contribution in [0.2, 0.25) is 0 Å². The van der Waals surface area contributed by atoms with E-state index >= 15 is 0 Å². The number of nitrogens with one attached hydrogen (secondary N) is 1. The quantitative estimate of drug-likeness (QED) is 0.343. The molecule has 0 saturated heterocycles. The number of amides is 1. The maximum Gasteiger partial charge on any atom is 0.433 e. The average Bonchev–Trinajstić information content (AvgIpc) is 2.80. The molecule has 0 atom stereocenters. The molecule has 0 aliphatic heterocycles. The fraction of sp³-hybridized carbons (Fsp3) is 0.208. The molecule has 0 radical (unpaired) electrons. The highest BCUT2D eigenvalue weighted by atomic mass is 32.2. The number of alkyl halides is 3. The third-order valence-corrected chi connectivity index (χ3v) is 5.58. The van der Waals surface area contributed by atoms with Crippen molar-refractivity contribution in [3.05, 3.63) is 70.7 Å². The monoisotopic (exact) mass is 485 g/mol. The van der Waals surface area contributed by atoms with E-state index in [-0.39, 0.29) is 5.56 Å². The summed E-state index contributed by atoms with van der Waals surface area (Å²) in [6.45, 7) is 9.17. The Labute approximate surface area is 199 Å². The lowest BCUT2D eigenvalue weighted by atomic mass is 9.97.